The molecule has 1 aliphatic rings. The molecule has 1 saturated heterocycles. The van der Waals surface area contributed by atoms with Crippen molar-refractivity contribution in [3.05, 3.63) is 70.5 Å². The molecule has 1 aliphatic heterocycles. The standard InChI is InChI=1S/C25H23ClFN3O4/c1-29-9-11-30(12-10-29)22(14-5-7-28-8-6-14)20-18-16(25(32)33-2)13-34-24(18)15-3-4-17(26)21(27)19(15)23(20)31/h3-8,13,22,31H,9-12H2,1-2H3. The number of aromatic hydroxyl groups is 1. The first kappa shape index (κ1) is 22.6. The van der Waals surface area contributed by atoms with E-state index in [1.807, 2.05) is 19.2 Å². The molecule has 4 aromatic rings. The normalized spacial score (nSPS) is 16.2. The molecular formula is C25H23ClFN3O4. The number of carbonyl (C=O) groups excluding carboxylic acids is 1. The summed E-state index contributed by atoms with van der Waals surface area (Å²) in [5.74, 6) is -1.64. The van der Waals surface area contributed by atoms with Crippen molar-refractivity contribution >= 4 is 39.3 Å². The van der Waals surface area contributed by atoms with Crippen LogP contribution in [0.25, 0.3) is 21.7 Å². The number of ether oxygens (including phenoxy) is 1. The summed E-state index contributed by atoms with van der Waals surface area (Å²) in [6.45, 7) is 3.03. The third-order valence-electron chi connectivity index (χ3n) is 6.50. The molecule has 9 heteroatoms. The molecule has 3 heterocycles. The van der Waals surface area contributed by atoms with Crippen molar-refractivity contribution in [1.82, 2.24) is 14.8 Å². The predicted molar refractivity (Wildman–Crippen MR) is 127 cm³/mol. The van der Waals surface area contributed by atoms with E-state index >= 15 is 4.39 Å². The number of phenols is 1. The zero-order valence-corrected chi connectivity index (χ0v) is 19.5. The predicted octanol–water partition coefficient (Wildman–Crippen LogP) is 4.60. The molecule has 176 valence electrons. The number of esters is 1. The van der Waals surface area contributed by atoms with Crippen molar-refractivity contribution in [3.63, 3.8) is 0 Å². The largest absolute Gasteiger partial charge is 0.507 e. The number of pyridine rings is 1. The lowest BCUT2D eigenvalue weighted by Crippen LogP contribution is -2.46. The van der Waals surface area contributed by atoms with E-state index in [2.05, 4.69) is 14.8 Å². The summed E-state index contributed by atoms with van der Waals surface area (Å²) in [4.78, 5) is 21.2. The zero-order valence-electron chi connectivity index (χ0n) is 18.7. The number of aromatic nitrogens is 1. The third kappa shape index (κ3) is 3.58. The van der Waals surface area contributed by atoms with Crippen molar-refractivity contribution < 1.29 is 23.4 Å². The van der Waals surface area contributed by atoms with Gasteiger partial charge >= 0.3 is 5.97 Å². The number of furan rings is 1. The van der Waals surface area contributed by atoms with Gasteiger partial charge in [-0.05, 0) is 36.9 Å². The summed E-state index contributed by atoms with van der Waals surface area (Å²) in [5, 5.41) is 12.2. The van der Waals surface area contributed by atoms with Crippen LogP contribution in [0.2, 0.25) is 5.02 Å². The smallest absolute Gasteiger partial charge is 0.341 e. The van der Waals surface area contributed by atoms with Gasteiger partial charge in [0.15, 0.2) is 5.82 Å². The van der Waals surface area contributed by atoms with Crippen molar-refractivity contribution in [2.75, 3.05) is 40.3 Å². The Balaban J connectivity index is 1.90. The van der Waals surface area contributed by atoms with Crippen molar-refractivity contribution in [2.24, 2.45) is 0 Å². The fraction of sp³-hybridized carbons (Fsp3) is 0.280. The van der Waals surface area contributed by atoms with Crippen LogP contribution in [0.1, 0.15) is 27.5 Å². The Labute approximate surface area is 200 Å². The number of nitrogens with zero attached hydrogens (tertiary/aromatic N) is 3. The van der Waals surface area contributed by atoms with Gasteiger partial charge in [0, 0.05) is 54.9 Å². The number of benzene rings is 2. The van der Waals surface area contributed by atoms with Gasteiger partial charge in [-0.25, -0.2) is 9.18 Å². The second kappa shape index (κ2) is 8.87. The summed E-state index contributed by atoms with van der Waals surface area (Å²) in [5.41, 5.74) is 1.66. The molecule has 0 aliphatic carbocycles. The van der Waals surface area contributed by atoms with Crippen LogP contribution in [0.3, 0.4) is 0 Å². The second-order valence-corrected chi connectivity index (χ2v) is 8.82. The van der Waals surface area contributed by atoms with E-state index in [0.29, 0.717) is 29.4 Å². The van der Waals surface area contributed by atoms with E-state index in [9.17, 15) is 9.90 Å². The number of halogens is 2. The first-order chi connectivity index (χ1) is 16.4. The summed E-state index contributed by atoms with van der Waals surface area (Å²) in [7, 11) is 3.33. The monoisotopic (exact) mass is 483 g/mol. The molecule has 2 aromatic carbocycles. The van der Waals surface area contributed by atoms with Gasteiger partial charge in [-0.2, -0.15) is 0 Å². The fourth-order valence-corrected chi connectivity index (χ4v) is 4.92. The van der Waals surface area contributed by atoms with Crippen LogP contribution in [-0.2, 0) is 4.74 Å². The van der Waals surface area contributed by atoms with Crippen molar-refractivity contribution in [2.45, 2.75) is 6.04 Å². The Morgan fingerprint density at radius 2 is 1.88 bits per heavy atom. The van der Waals surface area contributed by atoms with E-state index in [4.69, 9.17) is 20.8 Å². The van der Waals surface area contributed by atoms with Gasteiger partial charge in [-0.15, -0.1) is 0 Å². The molecule has 1 atom stereocenters. The van der Waals surface area contributed by atoms with Crippen LogP contribution >= 0.6 is 11.6 Å². The van der Waals surface area contributed by atoms with Gasteiger partial charge in [0.05, 0.1) is 23.6 Å². The molecule has 0 radical (unpaired) electrons. The number of likely N-dealkylation sites (N-methyl/N-ethyl adjacent to an activating group) is 1. The summed E-state index contributed by atoms with van der Waals surface area (Å²) < 4.78 is 26.1. The number of carbonyl (C=O) groups is 1. The van der Waals surface area contributed by atoms with Crippen molar-refractivity contribution in [1.29, 1.82) is 0 Å². The number of hydrogen-bond acceptors (Lipinski definition) is 7. The van der Waals surface area contributed by atoms with E-state index in [1.54, 1.807) is 18.5 Å². The highest BCUT2D eigenvalue weighted by molar-refractivity contribution is 6.32. The van der Waals surface area contributed by atoms with Gasteiger partial charge in [-0.1, -0.05) is 11.6 Å². The molecule has 0 amide bonds. The van der Waals surface area contributed by atoms with Crippen LogP contribution in [0.5, 0.6) is 5.75 Å². The van der Waals surface area contributed by atoms with Crippen molar-refractivity contribution in [3.8, 4) is 5.75 Å². The van der Waals surface area contributed by atoms with Gasteiger partial charge in [0.1, 0.15) is 23.2 Å². The maximum absolute atomic E-state index is 15.3. The number of piperazine rings is 1. The Morgan fingerprint density at radius 3 is 2.56 bits per heavy atom. The lowest BCUT2D eigenvalue weighted by atomic mass is 9.89. The van der Waals surface area contributed by atoms with E-state index < -0.39 is 17.8 Å². The average Bonchev–Trinajstić information content (AvgIpc) is 3.29. The molecule has 0 bridgehead atoms. The third-order valence-corrected chi connectivity index (χ3v) is 6.79. The van der Waals surface area contributed by atoms with Crippen LogP contribution in [-0.4, -0.2) is 66.2 Å². The van der Waals surface area contributed by atoms with Gasteiger partial charge in [0.25, 0.3) is 0 Å². The molecule has 0 saturated carbocycles. The highest BCUT2D eigenvalue weighted by Crippen LogP contribution is 2.48. The number of rotatable bonds is 4. The molecule has 1 unspecified atom stereocenters. The lowest BCUT2D eigenvalue weighted by Gasteiger charge is -2.39. The summed E-state index contributed by atoms with van der Waals surface area (Å²) in [6.07, 6.45) is 4.63. The molecule has 34 heavy (non-hydrogen) atoms. The molecule has 1 N–H and O–H groups in total. The van der Waals surface area contributed by atoms with Gasteiger partial charge < -0.3 is 19.2 Å². The Hall–Kier alpha value is -3.20. The van der Waals surface area contributed by atoms with Crippen LogP contribution in [0, 0.1) is 5.82 Å². The van der Waals surface area contributed by atoms with Crippen LogP contribution in [0.4, 0.5) is 4.39 Å². The number of hydrogen-bond donors (Lipinski definition) is 1. The zero-order chi connectivity index (χ0) is 24.0. The van der Waals surface area contributed by atoms with Crippen LogP contribution in [0.15, 0.2) is 47.3 Å². The maximum Gasteiger partial charge on any atom is 0.341 e. The maximum atomic E-state index is 15.3. The number of phenolic OH excluding ortho intramolecular Hbond substituents is 1. The highest BCUT2D eigenvalue weighted by atomic mass is 35.5. The number of fused-ring (bicyclic) bond motifs is 3. The molecule has 2 aromatic heterocycles. The average molecular weight is 484 g/mol. The minimum absolute atomic E-state index is 0.0473. The SMILES string of the molecule is COC(=O)c1coc2c1c(C(c1ccncc1)N1CCN(C)CC1)c(O)c1c(F)c(Cl)ccc12. The Morgan fingerprint density at radius 1 is 1.18 bits per heavy atom. The minimum Gasteiger partial charge on any atom is -0.507 e. The van der Waals surface area contributed by atoms with E-state index in [1.165, 1.54) is 19.4 Å². The quantitative estimate of drug-likeness (QED) is 0.425. The van der Waals surface area contributed by atoms with Gasteiger partial charge in [-0.3, -0.25) is 9.88 Å². The number of methoxy groups -OCH3 is 1. The van der Waals surface area contributed by atoms with E-state index in [0.717, 1.165) is 18.7 Å². The Bertz CT molecular complexity index is 1380. The minimum atomic E-state index is -0.748. The Kier molecular flexibility index (Phi) is 5.89. The molecular weight excluding hydrogens is 461 g/mol. The second-order valence-electron chi connectivity index (χ2n) is 8.41. The molecule has 7 nitrogen and oxygen atoms in total. The van der Waals surface area contributed by atoms with E-state index in [-0.39, 0.29) is 27.3 Å². The molecule has 5 rings (SSSR count). The van der Waals surface area contributed by atoms with Gasteiger partial charge in [0.2, 0.25) is 0 Å². The highest BCUT2D eigenvalue weighted by Gasteiger charge is 2.34. The first-order valence-electron chi connectivity index (χ1n) is 10.9. The van der Waals surface area contributed by atoms with Crippen LogP contribution < -0.4 is 0 Å². The molecule has 1 fully saturated rings. The summed E-state index contributed by atoms with van der Waals surface area (Å²) >= 11 is 6.09. The topological polar surface area (TPSA) is 79.0 Å². The molecule has 0 spiro atoms. The fourth-order valence-electron chi connectivity index (χ4n) is 4.76. The first-order valence-corrected chi connectivity index (χ1v) is 11.2. The summed E-state index contributed by atoms with van der Waals surface area (Å²) in [6, 6.07) is 6.19. The lowest BCUT2D eigenvalue weighted by molar-refractivity contribution is 0.0601.